The van der Waals surface area contributed by atoms with Gasteiger partial charge in [-0.2, -0.15) is 4.31 Å². The van der Waals surface area contributed by atoms with Crippen LogP contribution < -0.4 is 5.32 Å². The number of hydrogen-bond acceptors (Lipinski definition) is 3. The molecule has 0 saturated carbocycles. The monoisotopic (exact) mass is 372 g/mol. The molecule has 138 valence electrons. The van der Waals surface area contributed by atoms with Crippen molar-refractivity contribution in [3.63, 3.8) is 0 Å². The Morgan fingerprint density at radius 2 is 1.85 bits per heavy atom. The van der Waals surface area contributed by atoms with Gasteiger partial charge in [-0.15, -0.1) is 0 Å². The summed E-state index contributed by atoms with van der Waals surface area (Å²) < 4.78 is 26.7. The average molecular weight is 372 g/mol. The Hall–Kier alpha value is -2.18. The summed E-state index contributed by atoms with van der Waals surface area (Å²) in [5, 5.41) is 2.81. The molecular weight excluding hydrogens is 348 g/mol. The van der Waals surface area contributed by atoms with Crippen LogP contribution in [0, 0.1) is 13.8 Å². The van der Waals surface area contributed by atoms with Crippen molar-refractivity contribution in [2.75, 3.05) is 17.6 Å². The van der Waals surface area contributed by atoms with Crippen molar-refractivity contribution in [2.24, 2.45) is 0 Å². The van der Waals surface area contributed by atoms with E-state index in [1.807, 2.05) is 56.3 Å². The molecule has 0 fully saturated rings. The van der Waals surface area contributed by atoms with E-state index in [0.717, 1.165) is 22.4 Å². The fourth-order valence-electron chi connectivity index (χ4n) is 3.22. The Labute approximate surface area is 155 Å². The molecule has 2 aromatic rings. The van der Waals surface area contributed by atoms with Crippen LogP contribution in [0.15, 0.2) is 42.5 Å². The van der Waals surface area contributed by atoms with Gasteiger partial charge in [-0.3, -0.25) is 4.79 Å². The molecule has 1 amide bonds. The first-order valence-electron chi connectivity index (χ1n) is 8.77. The van der Waals surface area contributed by atoms with Crippen LogP contribution in [0.1, 0.15) is 28.7 Å². The topological polar surface area (TPSA) is 66.5 Å². The minimum atomic E-state index is -3.46. The Balaban J connectivity index is 1.59. The van der Waals surface area contributed by atoms with E-state index in [1.54, 1.807) is 0 Å². The molecule has 1 aliphatic heterocycles. The van der Waals surface area contributed by atoms with Gasteiger partial charge in [-0.25, -0.2) is 8.42 Å². The minimum absolute atomic E-state index is 0.0478. The van der Waals surface area contributed by atoms with Crippen LogP contribution in [0.5, 0.6) is 0 Å². The van der Waals surface area contributed by atoms with Crippen molar-refractivity contribution < 1.29 is 13.2 Å². The van der Waals surface area contributed by atoms with Crippen molar-refractivity contribution in [1.29, 1.82) is 0 Å². The number of carbonyl (C=O) groups excluding carboxylic acids is 1. The summed E-state index contributed by atoms with van der Waals surface area (Å²) in [6.07, 6.45) is 0.665. The van der Waals surface area contributed by atoms with Gasteiger partial charge >= 0.3 is 0 Å². The number of rotatable bonds is 5. The SMILES string of the molecule is Cc1ccc(NC(=O)CCS(=O)(=O)N2CCc3ccccc3C2)c(C)c1. The van der Waals surface area contributed by atoms with Gasteiger partial charge in [0.15, 0.2) is 0 Å². The van der Waals surface area contributed by atoms with E-state index in [9.17, 15) is 13.2 Å². The summed E-state index contributed by atoms with van der Waals surface area (Å²) in [5.74, 6) is -0.454. The van der Waals surface area contributed by atoms with Crippen LogP contribution in [0.25, 0.3) is 0 Å². The second-order valence-corrected chi connectivity index (χ2v) is 8.87. The van der Waals surface area contributed by atoms with Crippen molar-refractivity contribution >= 4 is 21.6 Å². The number of fused-ring (bicyclic) bond motifs is 1. The number of sulfonamides is 1. The molecule has 0 atom stereocenters. The maximum absolute atomic E-state index is 12.6. The van der Waals surface area contributed by atoms with Crippen molar-refractivity contribution in [1.82, 2.24) is 4.31 Å². The molecule has 0 aliphatic carbocycles. The van der Waals surface area contributed by atoms with Crippen LogP contribution in [-0.4, -0.2) is 30.9 Å². The first kappa shape index (κ1) is 18.6. The molecule has 1 N–H and O–H groups in total. The smallest absolute Gasteiger partial charge is 0.225 e. The molecule has 0 bridgehead atoms. The van der Waals surface area contributed by atoms with E-state index in [-0.39, 0.29) is 18.1 Å². The molecular formula is C20H24N2O3S. The molecule has 0 aromatic heterocycles. The van der Waals surface area contributed by atoms with Crippen molar-refractivity contribution in [3.8, 4) is 0 Å². The van der Waals surface area contributed by atoms with Crippen LogP contribution in [-0.2, 0) is 27.8 Å². The third-order valence-electron chi connectivity index (χ3n) is 4.73. The third kappa shape index (κ3) is 4.31. The lowest BCUT2D eigenvalue weighted by Gasteiger charge is -2.28. The lowest BCUT2D eigenvalue weighted by atomic mass is 10.0. The second-order valence-electron chi connectivity index (χ2n) is 6.78. The van der Waals surface area contributed by atoms with Crippen LogP contribution in [0.3, 0.4) is 0 Å². The number of amides is 1. The van der Waals surface area contributed by atoms with Gasteiger partial charge < -0.3 is 5.32 Å². The third-order valence-corrected chi connectivity index (χ3v) is 6.55. The molecule has 0 saturated heterocycles. The zero-order valence-corrected chi connectivity index (χ0v) is 16.0. The fraction of sp³-hybridized carbons (Fsp3) is 0.350. The minimum Gasteiger partial charge on any atom is -0.326 e. The fourth-order valence-corrected chi connectivity index (χ4v) is 4.63. The summed E-state index contributed by atoms with van der Waals surface area (Å²) in [4.78, 5) is 12.2. The van der Waals surface area contributed by atoms with Crippen molar-refractivity contribution in [3.05, 3.63) is 64.7 Å². The Morgan fingerprint density at radius 1 is 1.12 bits per heavy atom. The number of anilines is 1. The molecule has 5 nitrogen and oxygen atoms in total. The highest BCUT2D eigenvalue weighted by molar-refractivity contribution is 7.89. The van der Waals surface area contributed by atoms with Gasteiger partial charge in [0.2, 0.25) is 15.9 Å². The summed E-state index contributed by atoms with van der Waals surface area (Å²) in [6.45, 7) is 4.77. The molecule has 0 unspecified atom stereocenters. The van der Waals surface area contributed by atoms with Gasteiger partial charge in [-0.1, -0.05) is 42.0 Å². The Kier molecular flexibility index (Phi) is 5.44. The molecule has 1 heterocycles. The van der Waals surface area contributed by atoms with Gasteiger partial charge in [0.25, 0.3) is 0 Å². The van der Waals surface area contributed by atoms with Gasteiger partial charge in [0, 0.05) is 25.2 Å². The van der Waals surface area contributed by atoms with E-state index in [1.165, 1.54) is 9.87 Å². The molecule has 0 radical (unpaired) electrons. The van der Waals surface area contributed by atoms with Crippen molar-refractivity contribution in [2.45, 2.75) is 33.2 Å². The number of nitrogens with zero attached hydrogens (tertiary/aromatic N) is 1. The van der Waals surface area contributed by atoms with E-state index in [0.29, 0.717) is 19.5 Å². The standard InChI is InChI=1S/C20H24N2O3S/c1-15-7-8-19(16(2)13-15)21-20(23)10-12-26(24,25)22-11-9-17-5-3-4-6-18(17)14-22/h3-8,13H,9-12,14H2,1-2H3,(H,21,23). The Morgan fingerprint density at radius 3 is 2.58 bits per heavy atom. The van der Waals surface area contributed by atoms with Gasteiger partial charge in [0.1, 0.15) is 0 Å². The Bertz CT molecular complexity index is 922. The largest absolute Gasteiger partial charge is 0.326 e. The maximum atomic E-state index is 12.6. The molecule has 0 spiro atoms. The number of nitrogens with one attached hydrogen (secondary N) is 1. The first-order valence-corrected chi connectivity index (χ1v) is 10.4. The summed E-state index contributed by atoms with van der Waals surface area (Å²) in [7, 11) is -3.46. The predicted octanol–water partition coefficient (Wildman–Crippen LogP) is 3.02. The number of benzene rings is 2. The van der Waals surface area contributed by atoms with Crippen LogP contribution in [0.4, 0.5) is 5.69 Å². The maximum Gasteiger partial charge on any atom is 0.225 e. The highest BCUT2D eigenvalue weighted by Gasteiger charge is 2.27. The van der Waals surface area contributed by atoms with Crippen LogP contribution in [0.2, 0.25) is 0 Å². The van der Waals surface area contributed by atoms with Gasteiger partial charge in [-0.05, 0) is 43.0 Å². The lowest BCUT2D eigenvalue weighted by molar-refractivity contribution is -0.115. The number of aryl methyl sites for hydroxylation is 2. The normalized spacial score (nSPS) is 14.7. The molecule has 1 aliphatic rings. The predicted molar refractivity (Wildman–Crippen MR) is 104 cm³/mol. The average Bonchev–Trinajstić information content (AvgIpc) is 2.62. The van der Waals surface area contributed by atoms with E-state index >= 15 is 0 Å². The molecule has 26 heavy (non-hydrogen) atoms. The number of carbonyl (C=O) groups is 1. The second kappa shape index (κ2) is 7.60. The number of hydrogen-bond donors (Lipinski definition) is 1. The first-order chi connectivity index (χ1) is 12.3. The highest BCUT2D eigenvalue weighted by atomic mass is 32.2. The van der Waals surface area contributed by atoms with E-state index < -0.39 is 10.0 Å². The highest BCUT2D eigenvalue weighted by Crippen LogP contribution is 2.21. The molecule has 6 heteroatoms. The zero-order valence-electron chi connectivity index (χ0n) is 15.2. The lowest BCUT2D eigenvalue weighted by Crippen LogP contribution is -2.38. The summed E-state index contributed by atoms with van der Waals surface area (Å²) in [6, 6.07) is 13.6. The van der Waals surface area contributed by atoms with Gasteiger partial charge in [0.05, 0.1) is 5.75 Å². The van der Waals surface area contributed by atoms with Crippen LogP contribution >= 0.6 is 0 Å². The molecule has 2 aromatic carbocycles. The summed E-state index contributed by atoms with van der Waals surface area (Å²) >= 11 is 0. The van der Waals surface area contributed by atoms with E-state index in [2.05, 4.69) is 5.32 Å². The molecule has 3 rings (SSSR count). The van der Waals surface area contributed by atoms with E-state index in [4.69, 9.17) is 0 Å². The summed E-state index contributed by atoms with van der Waals surface area (Å²) in [5.41, 5.74) is 5.06. The zero-order chi connectivity index (χ0) is 18.7. The quantitative estimate of drug-likeness (QED) is 0.877.